The van der Waals surface area contributed by atoms with Crippen molar-refractivity contribution in [2.45, 2.75) is 23.8 Å². The quantitative estimate of drug-likeness (QED) is 0.806. The molecule has 29 heavy (non-hydrogen) atoms. The molecular weight excluding hydrogens is 392 g/mol. The van der Waals surface area contributed by atoms with Crippen LogP contribution in [0.15, 0.2) is 59.5 Å². The van der Waals surface area contributed by atoms with Gasteiger partial charge in [0.1, 0.15) is 12.7 Å². The van der Waals surface area contributed by atoms with Crippen molar-refractivity contribution in [1.29, 1.82) is 0 Å². The Kier molecular flexibility index (Phi) is 5.73. The molecule has 1 saturated heterocycles. The predicted molar refractivity (Wildman–Crippen MR) is 107 cm³/mol. The van der Waals surface area contributed by atoms with Crippen LogP contribution < -0.4 is 14.8 Å². The number of carbonyl (C=O) groups is 1. The summed E-state index contributed by atoms with van der Waals surface area (Å²) in [7, 11) is -3.59. The van der Waals surface area contributed by atoms with E-state index in [1.54, 1.807) is 30.3 Å². The SMILES string of the molecule is O=C(NC[C@H]1COc2ccccc2O1)[C@@H]1CCCN(S(=O)(=O)c2ccccc2)C1. The van der Waals surface area contributed by atoms with Gasteiger partial charge in [-0.3, -0.25) is 4.79 Å². The number of para-hydroxylation sites is 2. The topological polar surface area (TPSA) is 84.9 Å². The number of hydrogen-bond acceptors (Lipinski definition) is 5. The minimum absolute atomic E-state index is 0.152. The number of rotatable bonds is 5. The summed E-state index contributed by atoms with van der Waals surface area (Å²) in [5.41, 5.74) is 0. The number of amides is 1. The number of hydrogen-bond donors (Lipinski definition) is 1. The molecule has 7 nitrogen and oxygen atoms in total. The molecule has 0 aromatic heterocycles. The lowest BCUT2D eigenvalue weighted by Gasteiger charge is -2.32. The van der Waals surface area contributed by atoms with E-state index in [0.717, 1.165) is 0 Å². The van der Waals surface area contributed by atoms with Crippen molar-refractivity contribution in [1.82, 2.24) is 9.62 Å². The van der Waals surface area contributed by atoms with Gasteiger partial charge < -0.3 is 14.8 Å². The van der Waals surface area contributed by atoms with Crippen LogP contribution in [0.1, 0.15) is 12.8 Å². The van der Waals surface area contributed by atoms with E-state index in [2.05, 4.69) is 5.32 Å². The van der Waals surface area contributed by atoms with Crippen LogP contribution in [0.3, 0.4) is 0 Å². The van der Waals surface area contributed by atoms with Crippen molar-refractivity contribution in [3.05, 3.63) is 54.6 Å². The number of benzene rings is 2. The van der Waals surface area contributed by atoms with Gasteiger partial charge >= 0.3 is 0 Å². The summed E-state index contributed by atoms with van der Waals surface area (Å²) in [4.78, 5) is 12.9. The van der Waals surface area contributed by atoms with Gasteiger partial charge in [-0.05, 0) is 37.1 Å². The van der Waals surface area contributed by atoms with Crippen LogP contribution in [-0.2, 0) is 14.8 Å². The van der Waals surface area contributed by atoms with Crippen LogP contribution in [0.4, 0.5) is 0 Å². The monoisotopic (exact) mass is 416 g/mol. The number of sulfonamides is 1. The zero-order chi connectivity index (χ0) is 20.3. The summed E-state index contributed by atoms with van der Waals surface area (Å²) < 4.78 is 38.6. The highest BCUT2D eigenvalue weighted by Crippen LogP contribution is 2.30. The van der Waals surface area contributed by atoms with E-state index in [9.17, 15) is 13.2 Å². The molecule has 2 heterocycles. The first-order valence-electron chi connectivity index (χ1n) is 9.75. The summed E-state index contributed by atoms with van der Waals surface area (Å²) in [6.45, 7) is 1.29. The molecule has 0 unspecified atom stereocenters. The molecule has 2 aromatic carbocycles. The molecule has 2 atom stereocenters. The number of fused-ring (bicyclic) bond motifs is 1. The van der Waals surface area contributed by atoms with Crippen LogP contribution in [0.5, 0.6) is 11.5 Å². The van der Waals surface area contributed by atoms with Gasteiger partial charge in [0.2, 0.25) is 15.9 Å². The van der Waals surface area contributed by atoms with Crippen molar-refractivity contribution < 1.29 is 22.7 Å². The molecule has 2 aliphatic rings. The fraction of sp³-hybridized carbons (Fsp3) is 0.381. The Balaban J connectivity index is 1.34. The summed E-state index contributed by atoms with van der Waals surface area (Å²) in [5, 5.41) is 2.90. The Hall–Kier alpha value is -2.58. The second-order valence-electron chi connectivity index (χ2n) is 7.26. The lowest BCUT2D eigenvalue weighted by molar-refractivity contribution is -0.126. The first kappa shape index (κ1) is 19.7. The third kappa shape index (κ3) is 4.38. The van der Waals surface area contributed by atoms with Gasteiger partial charge in [0, 0.05) is 13.1 Å². The summed E-state index contributed by atoms with van der Waals surface area (Å²) in [5.74, 6) is 0.833. The van der Waals surface area contributed by atoms with Crippen molar-refractivity contribution in [3.8, 4) is 11.5 Å². The minimum Gasteiger partial charge on any atom is -0.486 e. The number of carbonyl (C=O) groups excluding carboxylic acids is 1. The predicted octanol–water partition coefficient (Wildman–Crippen LogP) is 2.04. The normalized spacial score (nSPS) is 22.1. The second-order valence-corrected chi connectivity index (χ2v) is 9.20. The molecule has 0 aliphatic carbocycles. The minimum atomic E-state index is -3.59. The maximum absolute atomic E-state index is 12.8. The first-order chi connectivity index (χ1) is 14.0. The van der Waals surface area contributed by atoms with Crippen LogP contribution in [0, 0.1) is 5.92 Å². The Labute approximate surface area is 170 Å². The standard InChI is InChI=1S/C21H24N2O5S/c24-21(22-13-17-15-27-19-10-4-5-11-20(19)28-17)16-7-6-12-23(14-16)29(25,26)18-8-2-1-3-9-18/h1-5,8-11,16-17H,6-7,12-15H2,(H,22,24)/t16-,17+/m1/s1. The molecule has 4 rings (SSSR count). The van der Waals surface area contributed by atoms with Gasteiger partial charge in [-0.2, -0.15) is 4.31 Å². The van der Waals surface area contributed by atoms with Crippen LogP contribution in [0.25, 0.3) is 0 Å². The fourth-order valence-corrected chi connectivity index (χ4v) is 5.18. The van der Waals surface area contributed by atoms with Crippen LogP contribution in [-0.4, -0.2) is 51.0 Å². The lowest BCUT2D eigenvalue weighted by atomic mass is 9.99. The van der Waals surface area contributed by atoms with Crippen molar-refractivity contribution in [2.24, 2.45) is 5.92 Å². The zero-order valence-electron chi connectivity index (χ0n) is 16.0. The van der Waals surface area contributed by atoms with Gasteiger partial charge in [-0.15, -0.1) is 0 Å². The number of ether oxygens (including phenoxy) is 2. The van der Waals surface area contributed by atoms with Crippen molar-refractivity contribution in [3.63, 3.8) is 0 Å². The van der Waals surface area contributed by atoms with Crippen molar-refractivity contribution in [2.75, 3.05) is 26.2 Å². The number of nitrogens with zero attached hydrogens (tertiary/aromatic N) is 1. The average Bonchev–Trinajstić information content (AvgIpc) is 2.78. The molecule has 2 aromatic rings. The van der Waals surface area contributed by atoms with E-state index in [-0.39, 0.29) is 29.4 Å². The molecule has 0 bridgehead atoms. The lowest BCUT2D eigenvalue weighted by Crippen LogP contribution is -2.48. The van der Waals surface area contributed by atoms with E-state index >= 15 is 0 Å². The van der Waals surface area contributed by atoms with Crippen LogP contribution in [0.2, 0.25) is 0 Å². The highest BCUT2D eigenvalue weighted by Gasteiger charge is 2.33. The first-order valence-corrected chi connectivity index (χ1v) is 11.2. The molecule has 0 radical (unpaired) electrons. The Morgan fingerprint density at radius 2 is 1.79 bits per heavy atom. The van der Waals surface area contributed by atoms with E-state index in [1.165, 1.54) is 4.31 Å². The Bertz CT molecular complexity index is 964. The fourth-order valence-electron chi connectivity index (χ4n) is 3.64. The molecule has 0 spiro atoms. The van der Waals surface area contributed by atoms with E-state index < -0.39 is 10.0 Å². The Morgan fingerprint density at radius 1 is 1.07 bits per heavy atom. The molecule has 2 aliphatic heterocycles. The molecule has 1 amide bonds. The summed E-state index contributed by atoms with van der Waals surface area (Å²) >= 11 is 0. The second kappa shape index (κ2) is 8.42. The third-order valence-electron chi connectivity index (χ3n) is 5.21. The molecule has 0 saturated carbocycles. The van der Waals surface area contributed by atoms with Gasteiger partial charge in [-0.25, -0.2) is 8.42 Å². The third-order valence-corrected chi connectivity index (χ3v) is 7.09. The summed E-state index contributed by atoms with van der Waals surface area (Å²) in [6.07, 6.45) is 1.04. The molecule has 8 heteroatoms. The zero-order valence-corrected chi connectivity index (χ0v) is 16.8. The van der Waals surface area contributed by atoms with Gasteiger partial charge in [0.25, 0.3) is 0 Å². The highest BCUT2D eigenvalue weighted by atomic mass is 32.2. The molecule has 154 valence electrons. The largest absolute Gasteiger partial charge is 0.486 e. The number of nitrogens with one attached hydrogen (secondary N) is 1. The molecular formula is C21H24N2O5S. The average molecular weight is 416 g/mol. The maximum Gasteiger partial charge on any atom is 0.243 e. The van der Waals surface area contributed by atoms with Gasteiger partial charge in [0.15, 0.2) is 11.5 Å². The maximum atomic E-state index is 12.8. The van der Waals surface area contributed by atoms with E-state index in [4.69, 9.17) is 9.47 Å². The van der Waals surface area contributed by atoms with Crippen molar-refractivity contribution >= 4 is 15.9 Å². The van der Waals surface area contributed by atoms with Crippen LogP contribution >= 0.6 is 0 Å². The smallest absolute Gasteiger partial charge is 0.243 e. The van der Waals surface area contributed by atoms with E-state index in [0.29, 0.717) is 44.0 Å². The van der Waals surface area contributed by atoms with E-state index in [1.807, 2.05) is 24.3 Å². The van der Waals surface area contributed by atoms with Gasteiger partial charge in [0.05, 0.1) is 17.4 Å². The highest BCUT2D eigenvalue weighted by molar-refractivity contribution is 7.89. The molecule has 1 fully saturated rings. The number of piperidine rings is 1. The Morgan fingerprint density at radius 3 is 2.59 bits per heavy atom. The molecule has 1 N–H and O–H groups in total. The summed E-state index contributed by atoms with van der Waals surface area (Å²) in [6, 6.07) is 15.8. The van der Waals surface area contributed by atoms with Gasteiger partial charge in [-0.1, -0.05) is 30.3 Å².